The van der Waals surface area contributed by atoms with Gasteiger partial charge in [0.15, 0.2) is 17.3 Å². The van der Waals surface area contributed by atoms with Crippen LogP contribution in [0.3, 0.4) is 0 Å². The maximum atomic E-state index is 13.4. The zero-order chi connectivity index (χ0) is 24.6. The molecule has 2 aliphatic heterocycles. The number of benzene rings is 2. The zero-order valence-corrected chi connectivity index (χ0v) is 19.4. The fourth-order valence-corrected chi connectivity index (χ4v) is 4.89. The van der Waals surface area contributed by atoms with Crippen LogP contribution < -0.4 is 15.0 Å². The summed E-state index contributed by atoms with van der Waals surface area (Å²) in [6, 6.07) is 11.1. The van der Waals surface area contributed by atoms with Crippen LogP contribution in [0.15, 0.2) is 47.3 Å². The molecule has 2 aromatic heterocycles. The van der Waals surface area contributed by atoms with Gasteiger partial charge < -0.3 is 19.6 Å². The summed E-state index contributed by atoms with van der Waals surface area (Å²) < 4.78 is 26.5. The number of tetrazole rings is 1. The summed E-state index contributed by atoms with van der Waals surface area (Å²) >= 11 is 0. The minimum Gasteiger partial charge on any atom is -0.486 e. The SMILES string of the molecule is O=c1[nH]c2cc3c(cc2cc1C(c1nnnn1Cc1ccc(F)cc1)N1CCC(O)CC1)OCCO3. The van der Waals surface area contributed by atoms with Gasteiger partial charge in [0.2, 0.25) is 0 Å². The molecule has 1 saturated heterocycles. The third-order valence-corrected chi connectivity index (χ3v) is 6.74. The number of H-pyrrole nitrogens is 1. The van der Waals surface area contributed by atoms with Gasteiger partial charge in [-0.25, -0.2) is 9.07 Å². The molecule has 0 saturated carbocycles. The van der Waals surface area contributed by atoms with Gasteiger partial charge in [-0.3, -0.25) is 9.69 Å². The van der Waals surface area contributed by atoms with E-state index in [1.807, 2.05) is 12.1 Å². The first-order valence-electron chi connectivity index (χ1n) is 11.9. The van der Waals surface area contributed by atoms with Crippen molar-refractivity contribution in [1.82, 2.24) is 30.1 Å². The highest BCUT2D eigenvalue weighted by molar-refractivity contribution is 5.83. The lowest BCUT2D eigenvalue weighted by molar-refractivity contribution is 0.0659. The van der Waals surface area contributed by atoms with E-state index in [-0.39, 0.29) is 17.5 Å². The Morgan fingerprint density at radius 1 is 1.08 bits per heavy atom. The molecule has 10 nitrogen and oxygen atoms in total. The number of aromatic amines is 1. The summed E-state index contributed by atoms with van der Waals surface area (Å²) in [7, 11) is 0. The molecule has 1 fully saturated rings. The molecule has 36 heavy (non-hydrogen) atoms. The molecule has 4 aromatic rings. The first-order chi connectivity index (χ1) is 17.5. The Morgan fingerprint density at radius 3 is 2.56 bits per heavy atom. The fraction of sp³-hybridized carbons (Fsp3) is 0.360. The third kappa shape index (κ3) is 4.31. The number of fused-ring (bicyclic) bond motifs is 2. The standard InChI is InChI=1S/C25H25FN6O4/c26-17-3-1-15(2-4-17)14-32-24(28-29-30-32)23(31-7-5-18(33)6-8-31)19-11-16-12-21-22(36-10-9-35-21)13-20(16)27-25(19)34/h1-4,11-13,18,23,33H,5-10,14H2,(H,27,34). The summed E-state index contributed by atoms with van der Waals surface area (Å²) in [5, 5.41) is 23.3. The molecule has 2 aromatic carbocycles. The molecule has 1 atom stereocenters. The summed E-state index contributed by atoms with van der Waals surface area (Å²) in [6.07, 6.45) is 0.788. The van der Waals surface area contributed by atoms with Crippen LogP contribution >= 0.6 is 0 Å². The lowest BCUT2D eigenvalue weighted by Crippen LogP contribution is -2.41. The van der Waals surface area contributed by atoms with Gasteiger partial charge in [-0.05, 0) is 53.1 Å². The Balaban J connectivity index is 1.44. The first kappa shape index (κ1) is 22.6. The van der Waals surface area contributed by atoms with Gasteiger partial charge in [-0.15, -0.1) is 5.10 Å². The Hall–Kier alpha value is -3.83. The highest BCUT2D eigenvalue weighted by Gasteiger charge is 2.33. The molecule has 2 aliphatic rings. The van der Waals surface area contributed by atoms with Crippen LogP contribution in [0.1, 0.15) is 35.8 Å². The molecule has 4 heterocycles. The van der Waals surface area contributed by atoms with Crippen molar-refractivity contribution < 1.29 is 19.0 Å². The van der Waals surface area contributed by atoms with E-state index in [9.17, 15) is 14.3 Å². The maximum Gasteiger partial charge on any atom is 0.253 e. The first-order valence-corrected chi connectivity index (χ1v) is 11.9. The van der Waals surface area contributed by atoms with Crippen molar-refractivity contribution in [1.29, 1.82) is 0 Å². The molecule has 0 aliphatic carbocycles. The largest absolute Gasteiger partial charge is 0.486 e. The Bertz CT molecular complexity index is 1450. The van der Waals surface area contributed by atoms with Crippen molar-refractivity contribution in [3.05, 3.63) is 75.6 Å². The number of likely N-dealkylation sites (tertiary alicyclic amines) is 1. The van der Waals surface area contributed by atoms with E-state index in [0.29, 0.717) is 74.1 Å². The highest BCUT2D eigenvalue weighted by atomic mass is 19.1. The highest BCUT2D eigenvalue weighted by Crippen LogP contribution is 2.35. The van der Waals surface area contributed by atoms with Gasteiger partial charge in [-0.1, -0.05) is 12.1 Å². The van der Waals surface area contributed by atoms with Crippen molar-refractivity contribution in [2.24, 2.45) is 0 Å². The van der Waals surface area contributed by atoms with Gasteiger partial charge >= 0.3 is 0 Å². The quantitative estimate of drug-likeness (QED) is 0.435. The summed E-state index contributed by atoms with van der Waals surface area (Å²) in [5.41, 5.74) is 1.71. The molecule has 186 valence electrons. The number of hydrogen-bond acceptors (Lipinski definition) is 8. The number of halogens is 1. The average molecular weight is 493 g/mol. The number of rotatable bonds is 5. The van der Waals surface area contributed by atoms with E-state index >= 15 is 0 Å². The minimum atomic E-state index is -0.547. The van der Waals surface area contributed by atoms with Crippen LogP contribution in [0.25, 0.3) is 10.9 Å². The second kappa shape index (κ2) is 9.32. The zero-order valence-electron chi connectivity index (χ0n) is 19.4. The van der Waals surface area contributed by atoms with E-state index in [2.05, 4.69) is 25.4 Å². The fourth-order valence-electron chi connectivity index (χ4n) is 4.89. The molecule has 0 spiro atoms. The molecule has 6 rings (SSSR count). The van der Waals surface area contributed by atoms with Crippen molar-refractivity contribution >= 4 is 10.9 Å². The number of pyridine rings is 1. The molecule has 11 heteroatoms. The number of hydrogen-bond donors (Lipinski definition) is 2. The van der Waals surface area contributed by atoms with Crippen LogP contribution in [0.4, 0.5) is 4.39 Å². The van der Waals surface area contributed by atoms with Gasteiger partial charge in [0.05, 0.1) is 18.2 Å². The van der Waals surface area contributed by atoms with Gasteiger partial charge in [0.1, 0.15) is 25.1 Å². The van der Waals surface area contributed by atoms with Gasteiger partial charge in [0, 0.05) is 30.1 Å². The second-order valence-corrected chi connectivity index (χ2v) is 9.13. The molecule has 1 unspecified atom stereocenters. The number of aliphatic hydroxyl groups excluding tert-OH is 1. The summed E-state index contributed by atoms with van der Waals surface area (Å²) in [6.45, 7) is 2.40. The minimum absolute atomic E-state index is 0.258. The molecule has 2 N–H and O–H groups in total. The van der Waals surface area contributed by atoms with Crippen LogP contribution in [0, 0.1) is 5.82 Å². The lowest BCUT2D eigenvalue weighted by Gasteiger charge is -2.35. The average Bonchev–Trinajstić information content (AvgIpc) is 3.33. The van der Waals surface area contributed by atoms with Crippen LogP contribution in [0.2, 0.25) is 0 Å². The van der Waals surface area contributed by atoms with Crippen molar-refractivity contribution in [3.63, 3.8) is 0 Å². The molecular formula is C25H25FN6O4. The summed E-state index contributed by atoms with van der Waals surface area (Å²) in [5.74, 6) is 1.41. The predicted octanol–water partition coefficient (Wildman–Crippen LogP) is 2.02. The second-order valence-electron chi connectivity index (χ2n) is 9.13. The van der Waals surface area contributed by atoms with Crippen molar-refractivity contribution in [2.75, 3.05) is 26.3 Å². The smallest absolute Gasteiger partial charge is 0.253 e. The number of aromatic nitrogens is 5. The summed E-state index contributed by atoms with van der Waals surface area (Å²) in [4.78, 5) is 18.5. The maximum absolute atomic E-state index is 13.4. The Labute approximate surface area is 205 Å². The third-order valence-electron chi connectivity index (χ3n) is 6.74. The van der Waals surface area contributed by atoms with Crippen LogP contribution in [0.5, 0.6) is 11.5 Å². The molecule has 0 amide bonds. The van der Waals surface area contributed by atoms with Gasteiger partial charge in [0.25, 0.3) is 5.56 Å². The number of nitrogens with zero attached hydrogens (tertiary/aromatic N) is 5. The normalized spacial score (nSPS) is 17.4. The molecule has 0 bridgehead atoms. The van der Waals surface area contributed by atoms with E-state index in [1.165, 1.54) is 12.1 Å². The van der Waals surface area contributed by atoms with Crippen LogP contribution in [-0.4, -0.2) is 67.6 Å². The van der Waals surface area contributed by atoms with Crippen LogP contribution in [-0.2, 0) is 6.54 Å². The Kier molecular flexibility index (Phi) is 5.86. The monoisotopic (exact) mass is 492 g/mol. The van der Waals surface area contributed by atoms with Crippen molar-refractivity contribution in [3.8, 4) is 11.5 Å². The van der Waals surface area contributed by atoms with Gasteiger partial charge in [-0.2, -0.15) is 0 Å². The number of aliphatic hydroxyl groups is 1. The van der Waals surface area contributed by atoms with E-state index < -0.39 is 6.04 Å². The van der Waals surface area contributed by atoms with E-state index in [4.69, 9.17) is 9.47 Å². The van der Waals surface area contributed by atoms with E-state index in [1.54, 1.807) is 22.9 Å². The topological polar surface area (TPSA) is 118 Å². The predicted molar refractivity (Wildman–Crippen MR) is 128 cm³/mol. The van der Waals surface area contributed by atoms with Crippen molar-refractivity contribution in [2.45, 2.75) is 31.5 Å². The number of nitrogens with one attached hydrogen (secondary N) is 1. The molecular weight excluding hydrogens is 467 g/mol. The number of ether oxygens (including phenoxy) is 2. The lowest BCUT2D eigenvalue weighted by atomic mass is 9.99. The Morgan fingerprint density at radius 2 is 1.81 bits per heavy atom. The van der Waals surface area contributed by atoms with E-state index in [0.717, 1.165) is 10.9 Å². The number of piperidine rings is 1. The molecule has 0 radical (unpaired) electrons.